The molecule has 0 spiro atoms. The number of carbonyl (C=O) groups is 7. The lowest BCUT2D eigenvalue weighted by Gasteiger charge is -2.31. The Labute approximate surface area is 247 Å². The van der Waals surface area contributed by atoms with Crippen LogP contribution >= 0.6 is 0 Å². The molecule has 0 radical (unpaired) electrons. The molecule has 5 atom stereocenters. The third-order valence-electron chi connectivity index (χ3n) is 7.29. The number of nitrogens with one attached hydrogen (secondary N) is 6. The zero-order valence-electron chi connectivity index (χ0n) is 25.7. The Kier molecular flexibility index (Phi) is 12.7. The highest BCUT2D eigenvalue weighted by Gasteiger charge is 2.39. The van der Waals surface area contributed by atoms with E-state index >= 15 is 0 Å². The van der Waals surface area contributed by atoms with Crippen LogP contribution in [0.4, 0.5) is 0 Å². The summed E-state index contributed by atoms with van der Waals surface area (Å²) in [5.74, 6) is -4.67. The Balaban J connectivity index is 2.41. The van der Waals surface area contributed by atoms with Crippen LogP contribution < -0.4 is 31.9 Å². The van der Waals surface area contributed by atoms with Gasteiger partial charge in [0.1, 0.15) is 30.2 Å². The van der Waals surface area contributed by atoms with Crippen LogP contribution in [0.3, 0.4) is 0 Å². The zero-order valence-corrected chi connectivity index (χ0v) is 25.7. The summed E-state index contributed by atoms with van der Waals surface area (Å²) in [6, 6.07) is -4.80. The van der Waals surface area contributed by atoms with Gasteiger partial charge in [-0.2, -0.15) is 0 Å². The molecule has 2 fully saturated rings. The van der Waals surface area contributed by atoms with Crippen LogP contribution in [0.2, 0.25) is 0 Å². The number of carbonyl (C=O) groups excluding carboxylic acids is 7. The second-order valence-corrected chi connectivity index (χ2v) is 12.1. The first-order chi connectivity index (χ1) is 19.6. The van der Waals surface area contributed by atoms with Crippen molar-refractivity contribution >= 4 is 41.4 Å². The molecule has 0 aliphatic carbocycles. The van der Waals surface area contributed by atoms with Gasteiger partial charge in [-0.05, 0) is 43.9 Å². The topological polar surface area (TPSA) is 195 Å². The summed E-state index contributed by atoms with van der Waals surface area (Å²) in [5.41, 5.74) is 0. The number of nitrogens with zero attached hydrogens (tertiary/aromatic N) is 1. The highest BCUT2D eigenvalue weighted by molar-refractivity contribution is 5.97. The molecule has 0 aromatic carbocycles. The molecule has 236 valence electrons. The SMILES string of the molecule is CC(C)CC1NC(=O)C(C(C)C)NC(=O)C(C(C)C)NC(=O)CNC(=O)C(C)NC(=O)CNC(=O)C2CCCN2C1=O. The maximum atomic E-state index is 13.7. The van der Waals surface area contributed by atoms with Crippen molar-refractivity contribution < 1.29 is 33.6 Å². The van der Waals surface area contributed by atoms with Gasteiger partial charge < -0.3 is 36.8 Å². The predicted molar refractivity (Wildman–Crippen MR) is 153 cm³/mol. The Morgan fingerprint density at radius 1 is 0.690 bits per heavy atom. The highest BCUT2D eigenvalue weighted by atomic mass is 16.2. The van der Waals surface area contributed by atoms with E-state index in [9.17, 15) is 33.6 Å². The second-order valence-electron chi connectivity index (χ2n) is 12.1. The fourth-order valence-electron chi connectivity index (χ4n) is 4.96. The number of rotatable bonds is 4. The minimum Gasteiger partial charge on any atom is -0.345 e. The Morgan fingerprint density at radius 2 is 1.21 bits per heavy atom. The Hall–Kier alpha value is -3.71. The van der Waals surface area contributed by atoms with Gasteiger partial charge in [-0.15, -0.1) is 0 Å². The average Bonchev–Trinajstić information content (AvgIpc) is 3.39. The summed E-state index contributed by atoms with van der Waals surface area (Å²) in [5, 5.41) is 15.5. The van der Waals surface area contributed by atoms with E-state index in [4.69, 9.17) is 0 Å². The van der Waals surface area contributed by atoms with E-state index in [0.29, 0.717) is 25.8 Å². The molecule has 14 nitrogen and oxygen atoms in total. The van der Waals surface area contributed by atoms with E-state index in [2.05, 4.69) is 31.9 Å². The molecule has 2 rings (SSSR count). The van der Waals surface area contributed by atoms with Crippen molar-refractivity contribution in [1.29, 1.82) is 0 Å². The van der Waals surface area contributed by atoms with Gasteiger partial charge in [0.2, 0.25) is 41.4 Å². The largest absolute Gasteiger partial charge is 0.345 e. The van der Waals surface area contributed by atoms with Crippen molar-refractivity contribution in [3.8, 4) is 0 Å². The number of hydrogen-bond donors (Lipinski definition) is 6. The minimum atomic E-state index is -1.01. The molecule has 2 aliphatic heterocycles. The van der Waals surface area contributed by atoms with E-state index in [1.54, 1.807) is 27.7 Å². The van der Waals surface area contributed by atoms with Crippen molar-refractivity contribution in [3.05, 3.63) is 0 Å². The van der Waals surface area contributed by atoms with Crippen LogP contribution in [0.25, 0.3) is 0 Å². The lowest BCUT2D eigenvalue weighted by molar-refractivity contribution is -0.142. The molecule has 0 aromatic rings. The third-order valence-corrected chi connectivity index (χ3v) is 7.29. The van der Waals surface area contributed by atoms with Gasteiger partial charge in [-0.3, -0.25) is 33.6 Å². The first-order valence-electron chi connectivity index (χ1n) is 14.7. The highest BCUT2D eigenvalue weighted by Crippen LogP contribution is 2.21. The van der Waals surface area contributed by atoms with Gasteiger partial charge in [-0.25, -0.2) is 0 Å². The van der Waals surface area contributed by atoms with Crippen LogP contribution in [0.15, 0.2) is 0 Å². The number of amides is 7. The summed E-state index contributed by atoms with van der Waals surface area (Å²) >= 11 is 0. The van der Waals surface area contributed by atoms with E-state index in [0.717, 1.165) is 0 Å². The van der Waals surface area contributed by atoms with Crippen LogP contribution in [0, 0.1) is 17.8 Å². The van der Waals surface area contributed by atoms with E-state index in [-0.39, 0.29) is 17.8 Å². The lowest BCUT2D eigenvalue weighted by atomic mass is 9.98. The molecule has 2 aliphatic rings. The maximum absolute atomic E-state index is 13.7. The van der Waals surface area contributed by atoms with Gasteiger partial charge >= 0.3 is 0 Å². The normalized spacial score (nSPS) is 27.9. The smallest absolute Gasteiger partial charge is 0.245 e. The molecule has 42 heavy (non-hydrogen) atoms. The van der Waals surface area contributed by atoms with Gasteiger partial charge in [-0.1, -0.05) is 41.5 Å². The zero-order chi connectivity index (χ0) is 31.7. The molecule has 7 amide bonds. The fraction of sp³-hybridized carbons (Fsp3) is 0.750. The van der Waals surface area contributed by atoms with E-state index in [1.165, 1.54) is 11.8 Å². The standard InChI is InChI=1S/C28H47N7O7/c1-14(2)11-18-28(42)35-10-8-9-19(35)25(39)30-12-20(36)31-17(7)24(38)29-13-21(37)33-22(15(3)4)27(41)34-23(16(5)6)26(40)32-18/h14-19,22-23H,8-13H2,1-7H3,(H,29,38)(H,30,39)(H,31,36)(H,32,40)(H,33,37)(H,34,41). The summed E-state index contributed by atoms with van der Waals surface area (Å²) < 4.78 is 0. The molecule has 6 N–H and O–H groups in total. The summed E-state index contributed by atoms with van der Waals surface area (Å²) in [6.07, 6.45) is 1.27. The minimum absolute atomic E-state index is 0.0261. The van der Waals surface area contributed by atoms with Gasteiger partial charge in [0.15, 0.2) is 0 Å². The van der Waals surface area contributed by atoms with E-state index in [1.807, 2.05) is 13.8 Å². The van der Waals surface area contributed by atoms with Crippen molar-refractivity contribution in [2.75, 3.05) is 19.6 Å². The molecule has 0 saturated carbocycles. The fourth-order valence-corrected chi connectivity index (χ4v) is 4.96. The second kappa shape index (κ2) is 15.5. The monoisotopic (exact) mass is 593 g/mol. The quantitative estimate of drug-likeness (QED) is 0.229. The first kappa shape index (κ1) is 34.5. The van der Waals surface area contributed by atoms with E-state index < -0.39 is 84.6 Å². The molecule has 0 bridgehead atoms. The van der Waals surface area contributed by atoms with Crippen LogP contribution in [0.1, 0.15) is 67.7 Å². The van der Waals surface area contributed by atoms with Crippen molar-refractivity contribution in [1.82, 2.24) is 36.8 Å². The van der Waals surface area contributed by atoms with Crippen LogP contribution in [-0.2, 0) is 33.6 Å². The van der Waals surface area contributed by atoms with Crippen LogP contribution in [-0.4, -0.2) is 96.1 Å². The number of fused-ring (bicyclic) bond motifs is 1. The summed E-state index contributed by atoms with van der Waals surface area (Å²) in [4.78, 5) is 92.4. The summed E-state index contributed by atoms with van der Waals surface area (Å²) in [6.45, 7) is 11.6. The van der Waals surface area contributed by atoms with Crippen molar-refractivity contribution in [2.45, 2.75) is 97.9 Å². The predicted octanol–water partition coefficient (Wildman–Crippen LogP) is -1.46. The molecule has 14 heteroatoms. The third kappa shape index (κ3) is 9.69. The molecular weight excluding hydrogens is 546 g/mol. The maximum Gasteiger partial charge on any atom is 0.245 e. The molecule has 0 aromatic heterocycles. The first-order valence-corrected chi connectivity index (χ1v) is 14.7. The Bertz CT molecular complexity index is 1050. The molecular formula is C28H47N7O7. The van der Waals surface area contributed by atoms with Crippen molar-refractivity contribution in [2.24, 2.45) is 17.8 Å². The lowest BCUT2D eigenvalue weighted by Crippen LogP contribution is -2.60. The van der Waals surface area contributed by atoms with Gasteiger partial charge in [0, 0.05) is 6.54 Å². The molecule has 5 unspecified atom stereocenters. The van der Waals surface area contributed by atoms with Gasteiger partial charge in [0.25, 0.3) is 0 Å². The average molecular weight is 594 g/mol. The molecule has 2 heterocycles. The van der Waals surface area contributed by atoms with Crippen LogP contribution in [0.5, 0.6) is 0 Å². The van der Waals surface area contributed by atoms with Gasteiger partial charge in [0.05, 0.1) is 13.1 Å². The Morgan fingerprint density at radius 3 is 1.79 bits per heavy atom. The summed E-state index contributed by atoms with van der Waals surface area (Å²) in [7, 11) is 0. The van der Waals surface area contributed by atoms with Crippen molar-refractivity contribution in [3.63, 3.8) is 0 Å². The number of hydrogen-bond acceptors (Lipinski definition) is 7. The molecule has 2 saturated heterocycles.